The summed E-state index contributed by atoms with van der Waals surface area (Å²) in [5.41, 5.74) is 1.25. The zero-order valence-electron chi connectivity index (χ0n) is 10.6. The summed E-state index contributed by atoms with van der Waals surface area (Å²) in [7, 11) is 0. The molecule has 0 aliphatic carbocycles. The van der Waals surface area contributed by atoms with E-state index in [1.807, 2.05) is 41.7 Å². The van der Waals surface area contributed by atoms with Crippen molar-refractivity contribution in [1.29, 1.82) is 0 Å². The van der Waals surface area contributed by atoms with Crippen molar-refractivity contribution in [3.63, 3.8) is 0 Å². The Morgan fingerprint density at radius 3 is 2.28 bits per heavy atom. The van der Waals surface area contributed by atoms with Gasteiger partial charge in [0.1, 0.15) is 0 Å². The lowest BCUT2D eigenvalue weighted by atomic mass is 10.1. The highest BCUT2D eigenvalue weighted by molar-refractivity contribution is 8.21. The normalized spacial score (nSPS) is 31.4. The molecule has 4 heteroatoms. The largest absolute Gasteiger partial charge is 0.481 e. The minimum atomic E-state index is -0.710. The molecule has 0 aromatic heterocycles. The molecule has 2 rings (SSSR count). The molecule has 1 aromatic rings. The molecule has 1 N–H and O–H groups in total. The van der Waals surface area contributed by atoms with Gasteiger partial charge in [-0.2, -0.15) is 0 Å². The Kier molecular flexibility index (Phi) is 4.28. The van der Waals surface area contributed by atoms with Crippen molar-refractivity contribution in [3.8, 4) is 0 Å². The Bertz CT molecular complexity index is 409. The van der Waals surface area contributed by atoms with Gasteiger partial charge in [-0.25, -0.2) is 0 Å². The summed E-state index contributed by atoms with van der Waals surface area (Å²) < 4.78 is -0.0848. The smallest absolute Gasteiger partial charge is 0.303 e. The lowest BCUT2D eigenvalue weighted by Crippen LogP contribution is -2.17. The zero-order valence-corrected chi connectivity index (χ0v) is 12.3. The molecule has 18 heavy (non-hydrogen) atoms. The van der Waals surface area contributed by atoms with Crippen LogP contribution in [-0.4, -0.2) is 21.6 Å². The van der Waals surface area contributed by atoms with Gasteiger partial charge in [0, 0.05) is 16.9 Å². The number of carbonyl (C=O) groups is 1. The molecular weight excluding hydrogens is 264 g/mol. The summed E-state index contributed by atoms with van der Waals surface area (Å²) in [4.78, 5) is 10.9. The van der Waals surface area contributed by atoms with E-state index in [9.17, 15) is 4.79 Å². The highest BCUT2D eigenvalue weighted by Gasteiger charge is 2.44. The Morgan fingerprint density at radius 1 is 1.22 bits per heavy atom. The Balaban J connectivity index is 2.26. The summed E-state index contributed by atoms with van der Waals surface area (Å²) in [6.45, 7) is 4.46. The standard InChI is InChI=1S/C14H18O2S2/c1-10-11(2)18-14(17-10,9-8-13(15)16)12-6-4-3-5-7-12/h3-7,10-11H,8-9H2,1-2H3,(H,15,16). The van der Waals surface area contributed by atoms with Crippen LogP contribution in [0.5, 0.6) is 0 Å². The molecular formula is C14H18O2S2. The molecule has 0 radical (unpaired) electrons. The van der Waals surface area contributed by atoms with Crippen LogP contribution in [0.2, 0.25) is 0 Å². The van der Waals surface area contributed by atoms with Crippen LogP contribution < -0.4 is 0 Å². The van der Waals surface area contributed by atoms with Gasteiger partial charge in [-0.05, 0) is 12.0 Å². The number of hydrogen-bond donors (Lipinski definition) is 1. The highest BCUT2D eigenvalue weighted by Crippen LogP contribution is 2.60. The van der Waals surface area contributed by atoms with Crippen molar-refractivity contribution in [3.05, 3.63) is 35.9 Å². The lowest BCUT2D eigenvalue weighted by molar-refractivity contribution is -0.137. The SMILES string of the molecule is CC1SC(CCC(=O)O)(c2ccccc2)SC1C. The maximum Gasteiger partial charge on any atom is 0.303 e. The summed E-state index contributed by atoms with van der Waals surface area (Å²) >= 11 is 3.83. The van der Waals surface area contributed by atoms with E-state index in [2.05, 4.69) is 26.0 Å². The van der Waals surface area contributed by atoms with Crippen molar-refractivity contribution in [2.45, 2.75) is 41.3 Å². The summed E-state index contributed by atoms with van der Waals surface area (Å²) in [6.07, 6.45) is 0.921. The van der Waals surface area contributed by atoms with E-state index < -0.39 is 5.97 Å². The number of thioether (sulfide) groups is 2. The molecule has 1 fully saturated rings. The first-order valence-corrected chi connectivity index (χ1v) is 7.92. The van der Waals surface area contributed by atoms with Crippen molar-refractivity contribution < 1.29 is 9.90 Å². The number of carboxylic acid groups (broad SMARTS) is 1. The molecule has 1 heterocycles. The predicted molar refractivity (Wildman–Crippen MR) is 79.1 cm³/mol. The van der Waals surface area contributed by atoms with E-state index in [0.29, 0.717) is 16.9 Å². The Labute approximate surface area is 117 Å². The first-order valence-electron chi connectivity index (χ1n) is 6.16. The average Bonchev–Trinajstić information content (AvgIpc) is 2.65. The fourth-order valence-corrected chi connectivity index (χ4v) is 6.22. The Hall–Kier alpha value is -0.610. The fourth-order valence-electron chi connectivity index (χ4n) is 2.18. The monoisotopic (exact) mass is 282 g/mol. The molecule has 0 spiro atoms. The van der Waals surface area contributed by atoms with Gasteiger partial charge in [0.05, 0.1) is 4.08 Å². The van der Waals surface area contributed by atoms with Crippen LogP contribution >= 0.6 is 23.5 Å². The number of carboxylic acids is 1. The molecule has 1 aromatic carbocycles. The van der Waals surface area contributed by atoms with E-state index in [-0.39, 0.29) is 10.5 Å². The third-order valence-corrected chi connectivity index (χ3v) is 7.25. The van der Waals surface area contributed by atoms with Crippen LogP contribution in [0.1, 0.15) is 32.3 Å². The maximum absolute atomic E-state index is 10.9. The van der Waals surface area contributed by atoms with Crippen LogP contribution in [0.25, 0.3) is 0 Å². The lowest BCUT2D eigenvalue weighted by Gasteiger charge is -2.28. The quantitative estimate of drug-likeness (QED) is 0.907. The van der Waals surface area contributed by atoms with E-state index in [1.54, 1.807) is 0 Å². The third-order valence-electron chi connectivity index (χ3n) is 3.30. The van der Waals surface area contributed by atoms with Crippen LogP contribution in [-0.2, 0) is 8.87 Å². The first kappa shape index (κ1) is 13.8. The molecule has 2 nitrogen and oxygen atoms in total. The van der Waals surface area contributed by atoms with Crippen molar-refractivity contribution >= 4 is 29.5 Å². The minimum absolute atomic E-state index is 0.0848. The van der Waals surface area contributed by atoms with E-state index in [0.717, 1.165) is 0 Å². The molecule has 1 aliphatic rings. The van der Waals surface area contributed by atoms with Gasteiger partial charge in [0.25, 0.3) is 0 Å². The van der Waals surface area contributed by atoms with Gasteiger partial charge in [0.15, 0.2) is 0 Å². The van der Waals surface area contributed by atoms with Gasteiger partial charge < -0.3 is 5.11 Å². The maximum atomic E-state index is 10.9. The van der Waals surface area contributed by atoms with Gasteiger partial charge in [-0.3, -0.25) is 4.79 Å². The number of benzene rings is 1. The van der Waals surface area contributed by atoms with Gasteiger partial charge in [-0.1, -0.05) is 44.2 Å². The molecule has 0 amide bonds. The van der Waals surface area contributed by atoms with E-state index in [4.69, 9.17) is 5.11 Å². The summed E-state index contributed by atoms with van der Waals surface area (Å²) in [5, 5.41) is 10.1. The van der Waals surface area contributed by atoms with Crippen molar-refractivity contribution in [2.75, 3.05) is 0 Å². The highest BCUT2D eigenvalue weighted by atomic mass is 32.2. The van der Waals surface area contributed by atoms with Crippen molar-refractivity contribution in [1.82, 2.24) is 0 Å². The average molecular weight is 282 g/mol. The molecule has 1 aliphatic heterocycles. The molecule has 1 saturated heterocycles. The number of rotatable bonds is 4. The molecule has 0 bridgehead atoms. The second kappa shape index (κ2) is 5.57. The van der Waals surface area contributed by atoms with E-state index in [1.165, 1.54) is 5.56 Å². The number of hydrogen-bond acceptors (Lipinski definition) is 3. The summed E-state index contributed by atoms with van der Waals surface area (Å²) in [5.74, 6) is -0.710. The van der Waals surface area contributed by atoms with Gasteiger partial charge in [0.2, 0.25) is 0 Å². The zero-order chi connectivity index (χ0) is 13.2. The third kappa shape index (κ3) is 2.86. The van der Waals surface area contributed by atoms with Gasteiger partial charge in [-0.15, -0.1) is 23.5 Å². The van der Waals surface area contributed by atoms with Crippen LogP contribution in [0, 0.1) is 0 Å². The van der Waals surface area contributed by atoms with Crippen LogP contribution in [0.3, 0.4) is 0 Å². The fraction of sp³-hybridized carbons (Fsp3) is 0.500. The van der Waals surface area contributed by atoms with Crippen LogP contribution in [0.15, 0.2) is 30.3 Å². The van der Waals surface area contributed by atoms with E-state index >= 15 is 0 Å². The topological polar surface area (TPSA) is 37.3 Å². The van der Waals surface area contributed by atoms with Gasteiger partial charge >= 0.3 is 5.97 Å². The van der Waals surface area contributed by atoms with Crippen molar-refractivity contribution in [2.24, 2.45) is 0 Å². The first-order chi connectivity index (χ1) is 8.53. The second-order valence-corrected chi connectivity index (χ2v) is 8.27. The predicted octanol–water partition coefficient (Wildman–Crippen LogP) is 3.96. The molecule has 2 unspecified atom stereocenters. The number of aliphatic carboxylic acids is 1. The molecule has 2 atom stereocenters. The second-order valence-electron chi connectivity index (χ2n) is 4.66. The summed E-state index contributed by atoms with van der Waals surface area (Å²) in [6, 6.07) is 10.3. The molecule has 0 saturated carbocycles. The Morgan fingerprint density at radius 2 is 1.78 bits per heavy atom. The molecule has 98 valence electrons. The minimum Gasteiger partial charge on any atom is -0.481 e. The van der Waals surface area contributed by atoms with Crippen LogP contribution in [0.4, 0.5) is 0 Å².